The predicted octanol–water partition coefficient (Wildman–Crippen LogP) is -0.739. The van der Waals surface area contributed by atoms with Crippen molar-refractivity contribution in [3.63, 3.8) is 0 Å². The van der Waals surface area contributed by atoms with Crippen LogP contribution in [0.4, 0.5) is 0 Å². The first-order chi connectivity index (χ1) is 13.7. The summed E-state index contributed by atoms with van der Waals surface area (Å²) in [6.45, 7) is 0. The molecule has 17 heteroatoms. The average molecular weight is 513 g/mol. The molecule has 0 radical (unpaired) electrons. The second-order valence-electron chi connectivity index (χ2n) is 5.42. The first-order valence-electron chi connectivity index (χ1n) is 8.35. The van der Waals surface area contributed by atoms with E-state index in [4.69, 9.17) is 53.1 Å². The van der Waals surface area contributed by atoms with Crippen LogP contribution in [0.5, 0.6) is 0 Å². The lowest BCUT2D eigenvalue weighted by atomic mass is 11.8. The summed E-state index contributed by atoms with van der Waals surface area (Å²) in [5, 5.41) is 0. The quantitative estimate of drug-likeness (QED) is 0.243. The van der Waals surface area contributed by atoms with Gasteiger partial charge in [-0.15, -0.1) is 0 Å². The minimum absolute atomic E-state index is 1.45. The summed E-state index contributed by atoms with van der Waals surface area (Å²) in [7, 11) is 1.78. The topological polar surface area (TPSA) is 111 Å². The SMILES string of the molecule is CO[Si](OC)(OC)[Si]([Si](OC)(OC)OC)([Si](OC)(OC)OC)[Si](OC)(OC)OC. The largest absolute Gasteiger partial charge is 0.488 e. The lowest BCUT2D eigenvalue weighted by molar-refractivity contribution is 0.104. The van der Waals surface area contributed by atoms with E-state index < -0.39 is 39.4 Å². The van der Waals surface area contributed by atoms with Crippen LogP contribution in [0, 0.1) is 0 Å². The Morgan fingerprint density at radius 2 is 0.345 bits per heavy atom. The molecule has 0 unspecified atom stereocenters. The molecule has 0 bridgehead atoms. The van der Waals surface area contributed by atoms with Crippen molar-refractivity contribution in [2.75, 3.05) is 85.3 Å². The molecule has 0 aromatic carbocycles. The summed E-state index contributed by atoms with van der Waals surface area (Å²) < 4.78 is 71.7. The molecule has 0 aliphatic carbocycles. The van der Waals surface area contributed by atoms with Crippen LogP contribution in [0.2, 0.25) is 0 Å². The van der Waals surface area contributed by atoms with Gasteiger partial charge in [0.2, 0.25) is 0 Å². The standard InChI is InChI=1S/C12H36O12Si5/c1-13-25(14-2,15-3)29(26(16-4,17-5)18-6,27(19-7,20-8)21-9)28(22-10,23-11)24-12/h1-12H3. The van der Waals surface area contributed by atoms with E-state index in [1.54, 1.807) is 0 Å². The summed E-state index contributed by atoms with van der Waals surface area (Å²) >= 11 is 0. The van der Waals surface area contributed by atoms with E-state index in [-0.39, 0.29) is 0 Å². The molecule has 0 saturated heterocycles. The van der Waals surface area contributed by atoms with Crippen molar-refractivity contribution in [3.8, 4) is 0 Å². The summed E-state index contributed by atoms with van der Waals surface area (Å²) in [6.07, 6.45) is -4.03. The summed E-state index contributed by atoms with van der Waals surface area (Å²) in [5.41, 5.74) is 0. The third-order valence-electron chi connectivity index (χ3n) is 5.06. The van der Waals surface area contributed by atoms with Crippen LogP contribution >= 0.6 is 0 Å². The highest BCUT2D eigenvalue weighted by molar-refractivity contribution is 7.99. The second-order valence-corrected chi connectivity index (χ2v) is 41.6. The van der Waals surface area contributed by atoms with Crippen molar-refractivity contribution >= 4 is 39.4 Å². The Balaban J connectivity index is 8.16. The smallest absolute Gasteiger partial charge is 0.380 e. The molecule has 0 saturated carbocycles. The lowest BCUT2D eigenvalue weighted by Gasteiger charge is -2.55. The molecule has 0 heterocycles. The molecule has 0 rings (SSSR count). The minimum Gasteiger partial charge on any atom is -0.380 e. The Morgan fingerprint density at radius 3 is 0.414 bits per heavy atom. The van der Waals surface area contributed by atoms with E-state index in [1.807, 2.05) is 0 Å². The number of rotatable bonds is 16. The Bertz CT molecular complexity index is 352. The number of hydrogen-bond acceptors (Lipinski definition) is 12. The van der Waals surface area contributed by atoms with Gasteiger partial charge in [0.05, 0.1) is 0 Å². The van der Waals surface area contributed by atoms with E-state index >= 15 is 0 Å². The Morgan fingerprint density at radius 1 is 0.241 bits per heavy atom. The predicted molar refractivity (Wildman–Crippen MR) is 113 cm³/mol. The van der Waals surface area contributed by atoms with Gasteiger partial charge in [0.1, 0.15) is 0 Å². The lowest BCUT2D eigenvalue weighted by Crippen LogP contribution is -3.03. The molecule has 12 nitrogen and oxygen atoms in total. The van der Waals surface area contributed by atoms with Crippen LogP contribution < -0.4 is 0 Å². The fraction of sp³-hybridized carbons (Fsp3) is 1.00. The molecule has 29 heavy (non-hydrogen) atoms. The molecule has 0 atom stereocenters. The van der Waals surface area contributed by atoms with E-state index in [1.165, 1.54) is 85.3 Å². The molecule has 0 aliphatic rings. The maximum Gasteiger partial charge on any atom is 0.488 e. The molecular weight excluding hydrogens is 477 g/mol. The van der Waals surface area contributed by atoms with Crippen LogP contribution in [0.1, 0.15) is 0 Å². The Hall–Kier alpha value is 0.604. The van der Waals surface area contributed by atoms with E-state index in [2.05, 4.69) is 0 Å². The van der Waals surface area contributed by atoms with Crippen molar-refractivity contribution in [2.45, 2.75) is 0 Å². The van der Waals surface area contributed by atoms with Crippen LogP contribution in [0.25, 0.3) is 0 Å². The van der Waals surface area contributed by atoms with E-state index in [0.29, 0.717) is 0 Å². The Kier molecular flexibility index (Phi) is 12.3. The molecule has 0 aromatic rings. The molecule has 0 aliphatic heterocycles. The molecule has 0 spiro atoms. The molecule has 0 N–H and O–H groups in total. The van der Waals surface area contributed by atoms with Gasteiger partial charge in [0.15, 0.2) is 0 Å². The molecule has 0 amide bonds. The highest BCUT2D eigenvalue weighted by Gasteiger charge is 3.02. The minimum atomic E-state index is -4.03. The van der Waals surface area contributed by atoms with Gasteiger partial charge in [-0.2, -0.15) is 0 Å². The zero-order chi connectivity index (χ0) is 23.0. The average Bonchev–Trinajstić information content (AvgIpc) is 2.79. The fourth-order valence-electron chi connectivity index (χ4n) is 3.96. The molecule has 0 fully saturated rings. The first-order valence-corrected chi connectivity index (χ1v) is 21.2. The van der Waals surface area contributed by atoms with Gasteiger partial charge in [0, 0.05) is 85.3 Å². The van der Waals surface area contributed by atoms with Crippen molar-refractivity contribution in [1.29, 1.82) is 0 Å². The van der Waals surface area contributed by atoms with Gasteiger partial charge in [-0.25, -0.2) is 0 Å². The third kappa shape index (κ3) is 3.84. The maximum atomic E-state index is 5.98. The van der Waals surface area contributed by atoms with Crippen molar-refractivity contribution < 1.29 is 53.1 Å². The van der Waals surface area contributed by atoms with Gasteiger partial charge < -0.3 is 53.1 Å². The van der Waals surface area contributed by atoms with E-state index in [0.717, 1.165) is 0 Å². The molecule has 0 aromatic heterocycles. The van der Waals surface area contributed by atoms with Crippen LogP contribution in [0.3, 0.4) is 0 Å². The zero-order valence-electron chi connectivity index (χ0n) is 19.4. The van der Waals surface area contributed by atoms with Gasteiger partial charge in [-0.1, -0.05) is 0 Å². The Labute approximate surface area is 178 Å². The third-order valence-corrected chi connectivity index (χ3v) is 66.6. The highest BCUT2D eigenvalue weighted by Crippen LogP contribution is 2.46. The van der Waals surface area contributed by atoms with E-state index in [9.17, 15) is 0 Å². The van der Waals surface area contributed by atoms with Crippen molar-refractivity contribution in [2.24, 2.45) is 0 Å². The summed E-state index contributed by atoms with van der Waals surface area (Å²) in [6, 6.07) is 0. The van der Waals surface area contributed by atoms with Gasteiger partial charge in [-0.05, 0) is 0 Å². The normalized spacial score (nSPS) is 14.5. The van der Waals surface area contributed by atoms with Crippen LogP contribution in [-0.4, -0.2) is 125 Å². The monoisotopic (exact) mass is 512 g/mol. The zero-order valence-corrected chi connectivity index (χ0v) is 24.4. The van der Waals surface area contributed by atoms with Gasteiger partial charge in [0.25, 0.3) is 0 Å². The van der Waals surface area contributed by atoms with Crippen molar-refractivity contribution in [3.05, 3.63) is 0 Å². The van der Waals surface area contributed by atoms with Gasteiger partial charge >= 0.3 is 39.4 Å². The molecular formula is C12H36O12Si5. The second kappa shape index (κ2) is 12.0. The fourth-order valence-corrected chi connectivity index (χ4v) is 83.0. The highest BCUT2D eigenvalue weighted by atomic mass is 30.2. The molecule has 176 valence electrons. The first kappa shape index (κ1) is 29.6. The summed E-state index contributed by atoms with van der Waals surface area (Å²) in [5.74, 6) is 0. The van der Waals surface area contributed by atoms with Crippen LogP contribution in [-0.2, 0) is 53.1 Å². The van der Waals surface area contributed by atoms with Crippen LogP contribution in [0.15, 0.2) is 0 Å². The van der Waals surface area contributed by atoms with Gasteiger partial charge in [-0.3, -0.25) is 0 Å². The van der Waals surface area contributed by atoms with Crippen molar-refractivity contribution in [1.82, 2.24) is 0 Å². The summed E-state index contributed by atoms with van der Waals surface area (Å²) in [4.78, 5) is 0. The number of hydrogen-bond donors (Lipinski definition) is 0. The maximum absolute atomic E-state index is 5.98.